The summed E-state index contributed by atoms with van der Waals surface area (Å²) in [5, 5.41) is 2.68. The van der Waals surface area contributed by atoms with Gasteiger partial charge in [0.1, 0.15) is 5.82 Å². The number of pyridine rings is 1. The number of anilines is 2. The molecule has 1 N–H and O–H groups in total. The molecule has 0 aliphatic rings. The van der Waals surface area contributed by atoms with Crippen LogP contribution in [-0.2, 0) is 6.54 Å². The summed E-state index contributed by atoms with van der Waals surface area (Å²) >= 11 is 0. The minimum atomic E-state index is -0.460. The van der Waals surface area contributed by atoms with Gasteiger partial charge in [-0.05, 0) is 30.7 Å². The fourth-order valence-corrected chi connectivity index (χ4v) is 2.24. The van der Waals surface area contributed by atoms with E-state index in [4.69, 9.17) is 0 Å². The second-order valence-electron chi connectivity index (χ2n) is 5.46. The van der Waals surface area contributed by atoms with Crippen LogP contribution >= 0.6 is 0 Å². The van der Waals surface area contributed by atoms with Gasteiger partial charge >= 0.3 is 0 Å². The van der Waals surface area contributed by atoms with Gasteiger partial charge in [-0.2, -0.15) is 0 Å². The van der Waals surface area contributed by atoms with Gasteiger partial charge in [0.05, 0.1) is 11.4 Å². The van der Waals surface area contributed by atoms with Gasteiger partial charge in [0.2, 0.25) is 0 Å². The second-order valence-corrected chi connectivity index (χ2v) is 5.46. The Labute approximate surface area is 134 Å². The van der Waals surface area contributed by atoms with E-state index in [2.05, 4.69) is 5.32 Å². The third-order valence-electron chi connectivity index (χ3n) is 3.40. The summed E-state index contributed by atoms with van der Waals surface area (Å²) in [5.41, 5.74) is 1.02. The van der Waals surface area contributed by atoms with Crippen LogP contribution in [0.4, 0.5) is 15.8 Å². The molecule has 2 aromatic rings. The zero-order valence-corrected chi connectivity index (χ0v) is 13.5. The maximum absolute atomic E-state index is 14.0. The Bertz CT molecular complexity index is 769. The number of nitrogens with one attached hydrogen (secondary N) is 1. The lowest BCUT2D eigenvalue weighted by atomic mass is 10.1. The Morgan fingerprint density at radius 2 is 2.00 bits per heavy atom. The number of amides is 1. The van der Waals surface area contributed by atoms with E-state index in [1.54, 1.807) is 37.3 Å². The summed E-state index contributed by atoms with van der Waals surface area (Å²) in [4.78, 5) is 25.5. The van der Waals surface area contributed by atoms with E-state index < -0.39 is 11.7 Å². The molecule has 0 saturated carbocycles. The first-order chi connectivity index (χ1) is 10.9. The van der Waals surface area contributed by atoms with Crippen LogP contribution in [0.25, 0.3) is 0 Å². The molecule has 0 fully saturated rings. The van der Waals surface area contributed by atoms with E-state index in [-0.39, 0.29) is 11.1 Å². The molecule has 122 valence electrons. The molecule has 2 rings (SSSR count). The largest absolute Gasteiger partial charge is 0.375 e. The lowest BCUT2D eigenvalue weighted by Gasteiger charge is -2.14. The number of carbonyl (C=O) groups excluding carboxylic acids is 1. The summed E-state index contributed by atoms with van der Waals surface area (Å²) in [6, 6.07) is 7.27. The van der Waals surface area contributed by atoms with Crippen LogP contribution in [-0.4, -0.2) is 24.6 Å². The van der Waals surface area contributed by atoms with Gasteiger partial charge in [-0.25, -0.2) is 4.39 Å². The van der Waals surface area contributed by atoms with Crippen LogP contribution in [0, 0.1) is 5.82 Å². The van der Waals surface area contributed by atoms with Gasteiger partial charge < -0.3 is 14.8 Å². The quantitative estimate of drug-likeness (QED) is 0.922. The molecule has 1 aromatic carbocycles. The number of rotatable bonds is 5. The highest BCUT2D eigenvalue weighted by Gasteiger charge is 2.11. The molecule has 23 heavy (non-hydrogen) atoms. The van der Waals surface area contributed by atoms with Crippen molar-refractivity contribution in [2.45, 2.75) is 19.9 Å². The number of carbonyl (C=O) groups is 1. The average molecular weight is 317 g/mol. The predicted molar refractivity (Wildman–Crippen MR) is 89.7 cm³/mol. The normalized spacial score (nSPS) is 10.4. The van der Waals surface area contributed by atoms with Crippen LogP contribution in [0.15, 0.2) is 41.3 Å². The number of halogens is 1. The van der Waals surface area contributed by atoms with Crippen molar-refractivity contribution in [2.75, 3.05) is 24.3 Å². The van der Waals surface area contributed by atoms with E-state index in [0.29, 0.717) is 17.9 Å². The van der Waals surface area contributed by atoms with E-state index >= 15 is 0 Å². The molecule has 0 unspecified atom stereocenters. The minimum Gasteiger partial charge on any atom is -0.375 e. The minimum absolute atomic E-state index is 0.119. The Balaban J connectivity index is 2.20. The highest BCUT2D eigenvalue weighted by Crippen LogP contribution is 2.19. The second kappa shape index (κ2) is 7.09. The smallest absolute Gasteiger partial charge is 0.255 e. The third-order valence-corrected chi connectivity index (χ3v) is 3.40. The summed E-state index contributed by atoms with van der Waals surface area (Å²) < 4.78 is 15.5. The lowest BCUT2D eigenvalue weighted by Crippen LogP contribution is -2.20. The summed E-state index contributed by atoms with van der Waals surface area (Å²) in [5.74, 6) is -0.880. The van der Waals surface area contributed by atoms with Gasteiger partial charge in [-0.1, -0.05) is 6.92 Å². The third kappa shape index (κ3) is 3.97. The molecular weight excluding hydrogens is 297 g/mol. The van der Waals surface area contributed by atoms with Crippen molar-refractivity contribution in [1.82, 2.24) is 4.57 Å². The molecule has 6 heteroatoms. The number of aromatic nitrogens is 1. The monoisotopic (exact) mass is 317 g/mol. The van der Waals surface area contributed by atoms with E-state index in [1.165, 1.54) is 22.8 Å². The fraction of sp³-hybridized carbons (Fsp3) is 0.294. The van der Waals surface area contributed by atoms with Crippen LogP contribution in [0.2, 0.25) is 0 Å². The number of benzene rings is 1. The number of hydrogen-bond donors (Lipinski definition) is 1. The van der Waals surface area contributed by atoms with Gasteiger partial charge in [-0.3, -0.25) is 9.59 Å². The molecule has 0 aliphatic heterocycles. The zero-order valence-electron chi connectivity index (χ0n) is 13.5. The van der Waals surface area contributed by atoms with Gasteiger partial charge in [0, 0.05) is 38.5 Å². The number of hydrogen-bond acceptors (Lipinski definition) is 3. The highest BCUT2D eigenvalue weighted by molar-refractivity contribution is 6.04. The van der Waals surface area contributed by atoms with E-state index in [0.717, 1.165) is 6.42 Å². The number of aryl methyl sites for hydroxylation is 1. The molecule has 0 saturated heterocycles. The molecule has 1 heterocycles. The van der Waals surface area contributed by atoms with Gasteiger partial charge in [0.15, 0.2) is 0 Å². The topological polar surface area (TPSA) is 54.3 Å². The number of nitrogens with zero attached hydrogens (tertiary/aromatic N) is 2. The first kappa shape index (κ1) is 16.7. The highest BCUT2D eigenvalue weighted by atomic mass is 19.1. The van der Waals surface area contributed by atoms with Crippen LogP contribution in [0.5, 0.6) is 0 Å². The Kier molecular flexibility index (Phi) is 5.16. The van der Waals surface area contributed by atoms with E-state index in [1.807, 2.05) is 6.92 Å². The summed E-state index contributed by atoms with van der Waals surface area (Å²) in [6.07, 6.45) is 2.41. The fourth-order valence-electron chi connectivity index (χ4n) is 2.24. The molecule has 0 radical (unpaired) electrons. The first-order valence-electron chi connectivity index (χ1n) is 7.41. The van der Waals surface area contributed by atoms with Crippen molar-refractivity contribution >= 4 is 17.3 Å². The molecule has 1 aromatic heterocycles. The molecule has 0 bridgehead atoms. The SMILES string of the molecule is CCCn1cc(NC(=O)c2ccc(N(C)C)c(F)c2)ccc1=O. The summed E-state index contributed by atoms with van der Waals surface area (Å²) in [7, 11) is 3.46. The molecule has 1 amide bonds. The Morgan fingerprint density at radius 1 is 1.26 bits per heavy atom. The van der Waals surface area contributed by atoms with E-state index in [9.17, 15) is 14.0 Å². The standard InChI is InChI=1S/C17H20FN3O2/c1-4-9-21-11-13(6-8-16(21)22)19-17(23)12-5-7-15(20(2)3)14(18)10-12/h5-8,10-11H,4,9H2,1-3H3,(H,19,23). The molecular formula is C17H20FN3O2. The molecule has 0 spiro atoms. The molecule has 0 aliphatic carbocycles. The Morgan fingerprint density at radius 3 is 2.61 bits per heavy atom. The lowest BCUT2D eigenvalue weighted by molar-refractivity contribution is 0.102. The maximum Gasteiger partial charge on any atom is 0.255 e. The van der Waals surface area contributed by atoms with Crippen molar-refractivity contribution in [3.63, 3.8) is 0 Å². The van der Waals surface area contributed by atoms with Crippen molar-refractivity contribution < 1.29 is 9.18 Å². The maximum atomic E-state index is 14.0. The summed E-state index contributed by atoms with van der Waals surface area (Å²) in [6.45, 7) is 2.54. The molecule has 5 nitrogen and oxygen atoms in total. The average Bonchev–Trinajstić information content (AvgIpc) is 2.50. The van der Waals surface area contributed by atoms with Crippen LogP contribution in [0.3, 0.4) is 0 Å². The van der Waals surface area contributed by atoms with Crippen LogP contribution < -0.4 is 15.8 Å². The van der Waals surface area contributed by atoms with Crippen molar-refractivity contribution in [3.8, 4) is 0 Å². The van der Waals surface area contributed by atoms with Gasteiger partial charge in [0.25, 0.3) is 11.5 Å². The Hall–Kier alpha value is -2.63. The first-order valence-corrected chi connectivity index (χ1v) is 7.41. The molecule has 0 atom stereocenters. The predicted octanol–water partition coefficient (Wildman–Crippen LogP) is 2.72. The van der Waals surface area contributed by atoms with Crippen LogP contribution in [0.1, 0.15) is 23.7 Å². The zero-order chi connectivity index (χ0) is 17.0. The van der Waals surface area contributed by atoms with Crippen molar-refractivity contribution in [2.24, 2.45) is 0 Å². The van der Waals surface area contributed by atoms with Crippen molar-refractivity contribution in [1.29, 1.82) is 0 Å². The van der Waals surface area contributed by atoms with Gasteiger partial charge in [-0.15, -0.1) is 0 Å². The van der Waals surface area contributed by atoms with Crippen molar-refractivity contribution in [3.05, 3.63) is 58.3 Å².